The van der Waals surface area contributed by atoms with Crippen molar-refractivity contribution in [1.82, 2.24) is 10.2 Å². The number of methoxy groups -OCH3 is 1. The number of esters is 1. The van der Waals surface area contributed by atoms with Crippen LogP contribution < -0.4 is 5.32 Å². The summed E-state index contributed by atoms with van der Waals surface area (Å²) < 4.78 is 4.81. The molecule has 0 aromatic carbocycles. The molecular weight excluding hydrogens is 204 g/mol. The third kappa shape index (κ3) is 2.55. The molecule has 0 bridgehead atoms. The van der Waals surface area contributed by atoms with E-state index in [1.807, 2.05) is 0 Å². The third-order valence-electron chi connectivity index (χ3n) is 4.02. The monoisotopic (exact) mass is 226 g/mol. The minimum absolute atomic E-state index is 0.0744. The zero-order valence-electron chi connectivity index (χ0n) is 10.2. The van der Waals surface area contributed by atoms with Crippen molar-refractivity contribution in [3.05, 3.63) is 0 Å². The first-order valence-corrected chi connectivity index (χ1v) is 6.20. The molecule has 16 heavy (non-hydrogen) atoms. The van der Waals surface area contributed by atoms with Crippen LogP contribution in [-0.4, -0.2) is 50.7 Å². The number of ether oxygens (including phenoxy) is 1. The van der Waals surface area contributed by atoms with E-state index in [1.165, 1.54) is 33.0 Å². The molecular formula is C12H22N2O2. The van der Waals surface area contributed by atoms with Crippen LogP contribution in [0.2, 0.25) is 0 Å². The fourth-order valence-corrected chi connectivity index (χ4v) is 3.05. The van der Waals surface area contributed by atoms with Gasteiger partial charge in [0.15, 0.2) is 0 Å². The van der Waals surface area contributed by atoms with E-state index in [2.05, 4.69) is 17.3 Å². The second-order valence-corrected chi connectivity index (χ2v) is 5.13. The summed E-state index contributed by atoms with van der Waals surface area (Å²) in [5, 5.41) is 3.25. The van der Waals surface area contributed by atoms with Gasteiger partial charge in [-0.1, -0.05) is 0 Å². The Morgan fingerprint density at radius 2 is 2.19 bits per heavy atom. The Morgan fingerprint density at radius 1 is 1.38 bits per heavy atom. The molecule has 0 aliphatic carbocycles. The maximum absolute atomic E-state index is 11.5. The highest BCUT2D eigenvalue weighted by Crippen LogP contribution is 2.31. The van der Waals surface area contributed by atoms with Crippen LogP contribution in [0, 0.1) is 11.8 Å². The van der Waals surface area contributed by atoms with Crippen molar-refractivity contribution in [1.29, 1.82) is 0 Å². The fraction of sp³-hybridized carbons (Fsp3) is 0.917. The van der Waals surface area contributed by atoms with Crippen molar-refractivity contribution in [2.24, 2.45) is 11.8 Å². The van der Waals surface area contributed by atoms with Gasteiger partial charge >= 0.3 is 5.97 Å². The maximum atomic E-state index is 11.5. The number of hydrogen-bond donors (Lipinski definition) is 1. The van der Waals surface area contributed by atoms with Gasteiger partial charge in [0.2, 0.25) is 0 Å². The molecule has 2 saturated heterocycles. The Kier molecular flexibility index (Phi) is 3.82. The Morgan fingerprint density at radius 3 is 2.81 bits per heavy atom. The highest BCUT2D eigenvalue weighted by molar-refractivity contribution is 5.75. The summed E-state index contributed by atoms with van der Waals surface area (Å²) in [4.78, 5) is 13.9. The van der Waals surface area contributed by atoms with Gasteiger partial charge in [0.05, 0.1) is 7.11 Å². The average Bonchev–Trinajstić information content (AvgIpc) is 2.75. The normalized spacial score (nSPS) is 36.2. The van der Waals surface area contributed by atoms with Gasteiger partial charge in [0, 0.05) is 6.54 Å². The van der Waals surface area contributed by atoms with E-state index in [4.69, 9.17) is 4.74 Å². The van der Waals surface area contributed by atoms with Crippen LogP contribution in [0.15, 0.2) is 0 Å². The van der Waals surface area contributed by atoms with Gasteiger partial charge in [-0.2, -0.15) is 0 Å². The van der Waals surface area contributed by atoms with Crippen molar-refractivity contribution in [3.8, 4) is 0 Å². The highest BCUT2D eigenvalue weighted by Gasteiger charge is 2.34. The maximum Gasteiger partial charge on any atom is 0.322 e. The number of likely N-dealkylation sites (tertiary alicyclic amines) is 1. The van der Waals surface area contributed by atoms with Crippen LogP contribution in [0.25, 0.3) is 0 Å². The summed E-state index contributed by atoms with van der Waals surface area (Å²) >= 11 is 0. The summed E-state index contributed by atoms with van der Waals surface area (Å²) in [6, 6.07) is -0.0744. The number of hydrogen-bond acceptors (Lipinski definition) is 4. The van der Waals surface area contributed by atoms with E-state index >= 15 is 0 Å². The van der Waals surface area contributed by atoms with Crippen molar-refractivity contribution >= 4 is 5.97 Å². The van der Waals surface area contributed by atoms with Crippen LogP contribution in [0.4, 0.5) is 0 Å². The number of carbonyl (C=O) groups excluding carboxylic acids is 1. The molecule has 2 fully saturated rings. The molecule has 2 aliphatic heterocycles. The van der Waals surface area contributed by atoms with Gasteiger partial charge in [-0.25, -0.2) is 0 Å². The van der Waals surface area contributed by atoms with Gasteiger partial charge < -0.3 is 15.0 Å². The summed E-state index contributed by atoms with van der Waals surface area (Å²) in [6.07, 6.45) is 3.44. The third-order valence-corrected chi connectivity index (χ3v) is 4.02. The van der Waals surface area contributed by atoms with Crippen LogP contribution in [0.5, 0.6) is 0 Å². The average molecular weight is 226 g/mol. The standard InChI is InChI=1S/C12H22N2O2/c1-14-6-4-10(8-14)9-3-5-13-11(7-9)12(15)16-2/h9-11,13H,3-8H2,1-2H3. The lowest BCUT2D eigenvalue weighted by Gasteiger charge is -2.32. The van der Waals surface area contributed by atoms with Crippen molar-refractivity contribution in [3.63, 3.8) is 0 Å². The number of nitrogens with one attached hydrogen (secondary N) is 1. The predicted molar refractivity (Wildman–Crippen MR) is 62.1 cm³/mol. The molecule has 0 saturated carbocycles. The molecule has 3 atom stereocenters. The summed E-state index contributed by atoms with van der Waals surface area (Å²) in [5.41, 5.74) is 0. The molecule has 2 heterocycles. The van der Waals surface area contributed by atoms with E-state index in [0.29, 0.717) is 5.92 Å². The summed E-state index contributed by atoms with van der Waals surface area (Å²) in [7, 11) is 3.65. The largest absolute Gasteiger partial charge is 0.468 e. The van der Waals surface area contributed by atoms with Gasteiger partial charge in [-0.3, -0.25) is 4.79 Å². The minimum atomic E-state index is -0.101. The van der Waals surface area contributed by atoms with E-state index < -0.39 is 0 Å². The molecule has 4 heteroatoms. The number of nitrogens with zero attached hydrogens (tertiary/aromatic N) is 1. The van der Waals surface area contributed by atoms with Gasteiger partial charge in [-0.05, 0) is 51.2 Å². The topological polar surface area (TPSA) is 41.6 Å². The van der Waals surface area contributed by atoms with E-state index in [9.17, 15) is 4.79 Å². The molecule has 0 radical (unpaired) electrons. The molecule has 2 aliphatic rings. The first-order chi connectivity index (χ1) is 7.70. The Balaban J connectivity index is 1.89. The lowest BCUT2D eigenvalue weighted by Crippen LogP contribution is -2.45. The molecule has 1 N–H and O–H groups in total. The second kappa shape index (κ2) is 5.15. The smallest absolute Gasteiger partial charge is 0.322 e. The molecule has 92 valence electrons. The quantitative estimate of drug-likeness (QED) is 0.695. The lowest BCUT2D eigenvalue weighted by molar-refractivity contribution is -0.144. The molecule has 0 aromatic heterocycles. The van der Waals surface area contributed by atoms with E-state index in [1.54, 1.807) is 0 Å². The lowest BCUT2D eigenvalue weighted by atomic mass is 9.81. The van der Waals surface area contributed by atoms with Crippen molar-refractivity contribution < 1.29 is 9.53 Å². The van der Waals surface area contributed by atoms with Gasteiger partial charge in [-0.15, -0.1) is 0 Å². The Labute approximate surface area is 97.3 Å². The Hall–Kier alpha value is -0.610. The Bertz CT molecular complexity index is 257. The van der Waals surface area contributed by atoms with Gasteiger partial charge in [0.25, 0.3) is 0 Å². The van der Waals surface area contributed by atoms with E-state index in [-0.39, 0.29) is 12.0 Å². The fourth-order valence-electron chi connectivity index (χ4n) is 3.05. The van der Waals surface area contributed by atoms with Crippen LogP contribution in [0.3, 0.4) is 0 Å². The number of rotatable bonds is 2. The molecule has 0 aromatic rings. The minimum Gasteiger partial charge on any atom is -0.468 e. The predicted octanol–water partition coefficient (Wildman–Crippen LogP) is 0.479. The molecule has 0 spiro atoms. The zero-order chi connectivity index (χ0) is 11.5. The van der Waals surface area contributed by atoms with Crippen LogP contribution in [0.1, 0.15) is 19.3 Å². The molecule has 2 rings (SSSR count). The first kappa shape index (κ1) is 11.9. The summed E-state index contributed by atoms with van der Waals surface area (Å²) in [5.74, 6) is 1.37. The number of piperidine rings is 1. The molecule has 4 nitrogen and oxygen atoms in total. The summed E-state index contributed by atoms with van der Waals surface area (Å²) in [6.45, 7) is 3.35. The van der Waals surface area contributed by atoms with Crippen LogP contribution in [-0.2, 0) is 9.53 Å². The van der Waals surface area contributed by atoms with E-state index in [0.717, 1.165) is 18.9 Å². The molecule has 0 amide bonds. The highest BCUT2D eigenvalue weighted by atomic mass is 16.5. The second-order valence-electron chi connectivity index (χ2n) is 5.13. The molecule has 3 unspecified atom stereocenters. The number of carbonyl (C=O) groups is 1. The van der Waals surface area contributed by atoms with Gasteiger partial charge in [0.1, 0.15) is 6.04 Å². The van der Waals surface area contributed by atoms with Crippen LogP contribution >= 0.6 is 0 Å². The first-order valence-electron chi connectivity index (χ1n) is 6.20. The van der Waals surface area contributed by atoms with Crippen molar-refractivity contribution in [2.75, 3.05) is 33.8 Å². The SMILES string of the molecule is COC(=O)C1CC(C2CCN(C)C2)CCN1. The van der Waals surface area contributed by atoms with Crippen molar-refractivity contribution in [2.45, 2.75) is 25.3 Å². The zero-order valence-corrected chi connectivity index (χ0v) is 10.2.